The molecule has 0 rings (SSSR count). The molecule has 0 aliphatic carbocycles. The molecule has 0 amide bonds. The highest BCUT2D eigenvalue weighted by Crippen LogP contribution is 2.01. The summed E-state index contributed by atoms with van der Waals surface area (Å²) in [5.41, 5.74) is 6.59. The number of allylic oxidation sites excluding steroid dienone is 1. The van der Waals surface area contributed by atoms with E-state index in [0.717, 1.165) is 5.75 Å². The zero-order valence-corrected chi connectivity index (χ0v) is 7.11. The molecule has 4 heteroatoms. The topological polar surface area (TPSA) is 64.4 Å². The number of hydrogen-bond donors (Lipinski definition) is 2. The molecule has 0 saturated carbocycles. The standard InChI is InChI=1S/C6H13N3S/c1-5(2)3-4-10-6(7)9-8/h3H,4,8H2,1-2H3,(H2,7,9). The maximum absolute atomic E-state index is 5.32. The molecule has 3 nitrogen and oxygen atoms in total. The number of hydrogen-bond acceptors (Lipinski definition) is 3. The highest BCUT2D eigenvalue weighted by molar-refractivity contribution is 8.13. The first kappa shape index (κ1) is 9.36. The van der Waals surface area contributed by atoms with E-state index in [1.165, 1.54) is 17.3 Å². The first-order valence-electron chi connectivity index (χ1n) is 2.96. The zero-order chi connectivity index (χ0) is 7.98. The Labute approximate surface area is 65.5 Å². The predicted octanol–water partition coefficient (Wildman–Crippen LogP) is 0.874. The van der Waals surface area contributed by atoms with Crippen LogP contribution in [0.25, 0.3) is 0 Å². The van der Waals surface area contributed by atoms with E-state index in [2.05, 4.69) is 11.2 Å². The lowest BCUT2D eigenvalue weighted by atomic mass is 10.3. The van der Waals surface area contributed by atoms with E-state index >= 15 is 0 Å². The number of rotatable bonds is 2. The summed E-state index contributed by atoms with van der Waals surface area (Å²) in [6.45, 7) is 4.08. The van der Waals surface area contributed by atoms with Crippen molar-refractivity contribution < 1.29 is 0 Å². The SMILES string of the molecule is CC(C)=CCSC(N)=NN. The number of amidine groups is 1. The molecule has 10 heavy (non-hydrogen) atoms. The second kappa shape index (κ2) is 5.17. The molecule has 0 atom stereocenters. The molecule has 0 spiro atoms. The van der Waals surface area contributed by atoms with Gasteiger partial charge < -0.3 is 11.6 Å². The minimum absolute atomic E-state index is 0.428. The molecule has 0 aromatic rings. The molecule has 0 bridgehead atoms. The van der Waals surface area contributed by atoms with Gasteiger partial charge in [0.15, 0.2) is 5.17 Å². The van der Waals surface area contributed by atoms with Gasteiger partial charge in [-0.15, -0.1) is 0 Å². The molecule has 0 aliphatic heterocycles. The first-order chi connectivity index (χ1) is 4.66. The third-order valence-electron chi connectivity index (χ3n) is 0.850. The predicted molar refractivity (Wildman–Crippen MR) is 47.7 cm³/mol. The average Bonchev–Trinajstić information content (AvgIpc) is 1.87. The van der Waals surface area contributed by atoms with Gasteiger partial charge in [0.1, 0.15) is 0 Å². The summed E-state index contributed by atoms with van der Waals surface area (Å²) in [6.07, 6.45) is 2.07. The van der Waals surface area contributed by atoms with Gasteiger partial charge >= 0.3 is 0 Å². The largest absolute Gasteiger partial charge is 0.377 e. The van der Waals surface area contributed by atoms with E-state index in [0.29, 0.717) is 5.17 Å². The molecule has 0 aromatic carbocycles. The summed E-state index contributed by atoms with van der Waals surface area (Å²) in [5, 5.41) is 3.74. The highest BCUT2D eigenvalue weighted by Gasteiger charge is 1.88. The van der Waals surface area contributed by atoms with Crippen molar-refractivity contribution in [3.63, 3.8) is 0 Å². The second-order valence-corrected chi connectivity index (χ2v) is 3.10. The van der Waals surface area contributed by atoms with Gasteiger partial charge in [-0.05, 0) is 13.8 Å². The highest BCUT2D eigenvalue weighted by atomic mass is 32.2. The van der Waals surface area contributed by atoms with Crippen LogP contribution in [0.2, 0.25) is 0 Å². The van der Waals surface area contributed by atoms with E-state index in [1.54, 1.807) is 0 Å². The second-order valence-electron chi connectivity index (χ2n) is 2.06. The lowest BCUT2D eigenvalue weighted by Gasteiger charge is -1.93. The van der Waals surface area contributed by atoms with Crippen LogP contribution in [-0.4, -0.2) is 10.9 Å². The Morgan fingerprint density at radius 1 is 1.60 bits per heavy atom. The Morgan fingerprint density at radius 2 is 2.20 bits per heavy atom. The zero-order valence-electron chi connectivity index (χ0n) is 6.29. The summed E-state index contributed by atoms with van der Waals surface area (Å²) in [4.78, 5) is 0. The molecule has 0 aliphatic rings. The van der Waals surface area contributed by atoms with Crippen LogP contribution < -0.4 is 11.6 Å². The van der Waals surface area contributed by atoms with Crippen molar-refractivity contribution in [2.75, 3.05) is 5.75 Å². The smallest absolute Gasteiger partial charge is 0.177 e. The van der Waals surface area contributed by atoms with Crippen LogP contribution in [0.5, 0.6) is 0 Å². The van der Waals surface area contributed by atoms with Crippen molar-refractivity contribution in [1.82, 2.24) is 0 Å². The van der Waals surface area contributed by atoms with Gasteiger partial charge in [0.2, 0.25) is 0 Å². The summed E-state index contributed by atoms with van der Waals surface area (Å²) < 4.78 is 0. The maximum atomic E-state index is 5.32. The van der Waals surface area contributed by atoms with Crippen molar-refractivity contribution in [2.24, 2.45) is 16.7 Å². The molecule has 0 radical (unpaired) electrons. The molecule has 4 N–H and O–H groups in total. The number of thioether (sulfide) groups is 1. The molecular weight excluding hydrogens is 146 g/mol. The van der Waals surface area contributed by atoms with Gasteiger partial charge in [0.25, 0.3) is 0 Å². The van der Waals surface area contributed by atoms with Gasteiger partial charge in [-0.1, -0.05) is 23.4 Å². The third kappa shape index (κ3) is 5.50. The Bertz CT molecular complexity index is 147. The number of nitrogens with zero attached hydrogens (tertiary/aromatic N) is 1. The van der Waals surface area contributed by atoms with Crippen molar-refractivity contribution >= 4 is 16.9 Å². The minimum atomic E-state index is 0.428. The Balaban J connectivity index is 3.47. The van der Waals surface area contributed by atoms with Crippen molar-refractivity contribution in [3.8, 4) is 0 Å². The van der Waals surface area contributed by atoms with Crippen LogP contribution in [0.1, 0.15) is 13.8 Å². The monoisotopic (exact) mass is 159 g/mol. The normalized spacial score (nSPS) is 11.2. The van der Waals surface area contributed by atoms with E-state index in [-0.39, 0.29) is 0 Å². The fraction of sp³-hybridized carbons (Fsp3) is 0.500. The van der Waals surface area contributed by atoms with Crippen LogP contribution in [0.3, 0.4) is 0 Å². The fourth-order valence-electron chi connectivity index (χ4n) is 0.331. The van der Waals surface area contributed by atoms with Gasteiger partial charge in [0, 0.05) is 5.75 Å². The van der Waals surface area contributed by atoms with Crippen LogP contribution >= 0.6 is 11.8 Å². The van der Waals surface area contributed by atoms with Crippen molar-refractivity contribution in [2.45, 2.75) is 13.8 Å². The van der Waals surface area contributed by atoms with Crippen molar-refractivity contribution in [1.29, 1.82) is 0 Å². The summed E-state index contributed by atoms with van der Waals surface area (Å²) in [7, 11) is 0. The molecule has 0 aromatic heterocycles. The molecule has 0 fully saturated rings. The fourth-order valence-corrected chi connectivity index (χ4v) is 0.993. The van der Waals surface area contributed by atoms with Gasteiger partial charge in [0.05, 0.1) is 0 Å². The van der Waals surface area contributed by atoms with E-state index in [4.69, 9.17) is 11.6 Å². The summed E-state index contributed by atoms with van der Waals surface area (Å²) >= 11 is 1.43. The molecule has 0 heterocycles. The Morgan fingerprint density at radius 3 is 2.60 bits per heavy atom. The van der Waals surface area contributed by atoms with Crippen LogP contribution in [0.15, 0.2) is 16.8 Å². The average molecular weight is 159 g/mol. The Hall–Kier alpha value is -0.640. The lowest BCUT2D eigenvalue weighted by Crippen LogP contribution is -2.09. The summed E-state index contributed by atoms with van der Waals surface area (Å²) in [5.74, 6) is 5.75. The third-order valence-corrected chi connectivity index (χ3v) is 1.58. The molecule has 0 saturated heterocycles. The minimum Gasteiger partial charge on any atom is -0.377 e. The number of nitrogens with two attached hydrogens (primary N) is 2. The molecule has 0 unspecified atom stereocenters. The molecule has 58 valence electrons. The van der Waals surface area contributed by atoms with Crippen LogP contribution in [0.4, 0.5) is 0 Å². The first-order valence-corrected chi connectivity index (χ1v) is 3.95. The summed E-state index contributed by atoms with van der Waals surface area (Å²) in [6, 6.07) is 0. The quantitative estimate of drug-likeness (QED) is 0.207. The van der Waals surface area contributed by atoms with Gasteiger partial charge in [-0.3, -0.25) is 0 Å². The van der Waals surface area contributed by atoms with E-state index < -0.39 is 0 Å². The van der Waals surface area contributed by atoms with Crippen LogP contribution in [-0.2, 0) is 0 Å². The Kier molecular flexibility index (Phi) is 4.84. The van der Waals surface area contributed by atoms with E-state index in [9.17, 15) is 0 Å². The van der Waals surface area contributed by atoms with E-state index in [1.807, 2.05) is 13.8 Å². The van der Waals surface area contributed by atoms with Crippen molar-refractivity contribution in [3.05, 3.63) is 11.6 Å². The van der Waals surface area contributed by atoms with Gasteiger partial charge in [-0.2, -0.15) is 5.10 Å². The van der Waals surface area contributed by atoms with Crippen LogP contribution in [0, 0.1) is 0 Å². The number of hydrazone groups is 1. The molecular formula is C6H13N3S. The maximum Gasteiger partial charge on any atom is 0.177 e. The lowest BCUT2D eigenvalue weighted by molar-refractivity contribution is 1.25. The van der Waals surface area contributed by atoms with Gasteiger partial charge in [-0.25, -0.2) is 0 Å².